The minimum Gasteiger partial charge on any atom is -0.0776 e. The van der Waals surface area contributed by atoms with Gasteiger partial charge in [-0.3, -0.25) is 0 Å². The first kappa shape index (κ1) is 35.6. The molecular formula is C31H68. The average Bonchev–Trinajstić information content (AvgIpc) is 3.16. The summed E-state index contributed by atoms with van der Waals surface area (Å²) < 4.78 is 0. The van der Waals surface area contributed by atoms with E-state index in [1.54, 1.807) is 0 Å². The van der Waals surface area contributed by atoms with Gasteiger partial charge in [0.1, 0.15) is 0 Å². The maximum Gasteiger partial charge on any atom is -0.0391 e. The number of hydrogen-bond donors (Lipinski definition) is 0. The van der Waals surface area contributed by atoms with Crippen molar-refractivity contribution in [3.8, 4) is 0 Å². The molecule has 0 amide bonds. The molecule has 0 unspecified atom stereocenters. The van der Waals surface area contributed by atoms with Crippen LogP contribution in [0.25, 0.3) is 0 Å². The van der Waals surface area contributed by atoms with Crippen LogP contribution in [0.15, 0.2) is 0 Å². The van der Waals surface area contributed by atoms with E-state index in [9.17, 15) is 0 Å². The summed E-state index contributed by atoms with van der Waals surface area (Å²) in [4.78, 5) is 0. The van der Waals surface area contributed by atoms with Crippen LogP contribution in [0, 0.1) is 35.5 Å². The summed E-state index contributed by atoms with van der Waals surface area (Å²) in [6, 6.07) is 0. The van der Waals surface area contributed by atoms with Gasteiger partial charge in [-0.05, 0) is 48.3 Å². The van der Waals surface area contributed by atoms with Crippen LogP contribution < -0.4 is 0 Å². The fourth-order valence-corrected chi connectivity index (χ4v) is 5.80. The molecule has 0 spiro atoms. The van der Waals surface area contributed by atoms with E-state index in [2.05, 4.69) is 41.5 Å². The van der Waals surface area contributed by atoms with Gasteiger partial charge in [0.25, 0.3) is 0 Å². The molecule has 0 heterocycles. The SMILES string of the molecule is C.C.C.CC(C)C1CCCCC1.CC(C)CC1CCCC1.CC(C)CC1CCCCC1. The molecule has 0 bridgehead atoms. The van der Waals surface area contributed by atoms with E-state index in [1.807, 2.05) is 0 Å². The highest BCUT2D eigenvalue weighted by Gasteiger charge is 2.16. The predicted octanol–water partition coefficient (Wildman–Crippen LogP) is 12.0. The quantitative estimate of drug-likeness (QED) is 0.398. The molecule has 0 aromatic rings. The lowest BCUT2D eigenvalue weighted by atomic mass is 9.82. The van der Waals surface area contributed by atoms with Crippen molar-refractivity contribution in [2.24, 2.45) is 35.5 Å². The maximum absolute atomic E-state index is 2.36. The van der Waals surface area contributed by atoms with Crippen molar-refractivity contribution >= 4 is 0 Å². The van der Waals surface area contributed by atoms with Crippen LogP contribution in [0.1, 0.15) is 167 Å². The average molecular weight is 441 g/mol. The zero-order valence-electron chi connectivity index (χ0n) is 20.8. The standard InChI is InChI=1S/C10H20.2C9H18.3CH4/c1-9(2)8-10-6-4-3-5-7-10;1-8(2)7-9-5-3-4-6-9;1-8(2)9-6-4-3-5-7-9;;;/h9-10H,3-8H2,1-2H3;2*8-9H,3-7H2,1-2H3;3*1H4. The first-order valence-electron chi connectivity index (χ1n) is 13.4. The molecule has 0 nitrogen and oxygen atoms in total. The van der Waals surface area contributed by atoms with Crippen molar-refractivity contribution < 1.29 is 0 Å². The highest BCUT2D eigenvalue weighted by atomic mass is 14.2. The van der Waals surface area contributed by atoms with Crippen LogP contribution in [0.4, 0.5) is 0 Å². The van der Waals surface area contributed by atoms with Crippen molar-refractivity contribution in [1.82, 2.24) is 0 Å². The molecule has 0 saturated heterocycles. The Hall–Kier alpha value is 0. The normalized spacial score (nSPS) is 20.0. The van der Waals surface area contributed by atoms with Crippen molar-refractivity contribution in [2.45, 2.75) is 167 Å². The summed E-state index contributed by atoms with van der Waals surface area (Å²) >= 11 is 0. The first-order valence-corrected chi connectivity index (χ1v) is 13.4. The lowest BCUT2D eigenvalue weighted by Crippen LogP contribution is -2.12. The zero-order valence-corrected chi connectivity index (χ0v) is 20.8. The summed E-state index contributed by atoms with van der Waals surface area (Å²) in [5, 5.41) is 0. The summed E-state index contributed by atoms with van der Waals surface area (Å²) in [6.45, 7) is 14.1. The Bertz CT molecular complexity index is 322. The second-order valence-corrected chi connectivity index (χ2v) is 11.6. The van der Waals surface area contributed by atoms with E-state index >= 15 is 0 Å². The van der Waals surface area contributed by atoms with Crippen molar-refractivity contribution in [2.75, 3.05) is 0 Å². The molecule has 3 saturated carbocycles. The number of hydrogen-bond acceptors (Lipinski definition) is 0. The van der Waals surface area contributed by atoms with E-state index in [4.69, 9.17) is 0 Å². The molecule has 0 aromatic carbocycles. The fourth-order valence-electron chi connectivity index (χ4n) is 5.80. The molecule has 3 aliphatic rings. The van der Waals surface area contributed by atoms with Crippen molar-refractivity contribution in [3.05, 3.63) is 0 Å². The molecule has 192 valence electrons. The third kappa shape index (κ3) is 19.2. The smallest absolute Gasteiger partial charge is 0.0391 e. The van der Waals surface area contributed by atoms with Gasteiger partial charge in [0.2, 0.25) is 0 Å². The van der Waals surface area contributed by atoms with E-state index in [-0.39, 0.29) is 22.3 Å². The van der Waals surface area contributed by atoms with E-state index in [0.29, 0.717) is 0 Å². The van der Waals surface area contributed by atoms with Crippen molar-refractivity contribution in [1.29, 1.82) is 0 Å². The molecular weight excluding hydrogens is 372 g/mol. The predicted molar refractivity (Wildman–Crippen MR) is 149 cm³/mol. The largest absolute Gasteiger partial charge is 0.0776 e. The molecule has 0 aliphatic heterocycles. The van der Waals surface area contributed by atoms with Gasteiger partial charge in [-0.2, -0.15) is 0 Å². The van der Waals surface area contributed by atoms with Crippen LogP contribution >= 0.6 is 0 Å². The Labute approximate surface area is 202 Å². The van der Waals surface area contributed by atoms with Gasteiger partial charge in [-0.15, -0.1) is 0 Å². The highest BCUT2D eigenvalue weighted by Crippen LogP contribution is 2.30. The molecule has 3 rings (SSSR count). The monoisotopic (exact) mass is 441 g/mol. The molecule has 0 atom stereocenters. The van der Waals surface area contributed by atoms with Gasteiger partial charge in [-0.25, -0.2) is 0 Å². The van der Waals surface area contributed by atoms with Gasteiger partial charge < -0.3 is 0 Å². The Kier molecular flexibility index (Phi) is 25.1. The van der Waals surface area contributed by atoms with Crippen LogP contribution in [-0.4, -0.2) is 0 Å². The lowest BCUT2D eigenvalue weighted by molar-refractivity contribution is 0.279. The minimum absolute atomic E-state index is 0. The second kappa shape index (κ2) is 21.8. The Morgan fingerprint density at radius 3 is 1.00 bits per heavy atom. The molecule has 0 radical (unpaired) electrons. The first-order chi connectivity index (χ1) is 13.4. The molecule has 0 aromatic heterocycles. The third-order valence-corrected chi connectivity index (χ3v) is 7.40. The topological polar surface area (TPSA) is 0 Å². The van der Waals surface area contributed by atoms with Crippen molar-refractivity contribution in [3.63, 3.8) is 0 Å². The van der Waals surface area contributed by atoms with Crippen LogP contribution in [0.2, 0.25) is 0 Å². The Morgan fingerprint density at radius 1 is 0.452 bits per heavy atom. The number of rotatable bonds is 5. The summed E-state index contributed by atoms with van der Waals surface area (Å²) in [5.41, 5.74) is 0. The fraction of sp³-hybridized carbons (Fsp3) is 1.00. The molecule has 3 fully saturated rings. The third-order valence-electron chi connectivity index (χ3n) is 7.40. The lowest BCUT2D eigenvalue weighted by Gasteiger charge is -2.24. The van der Waals surface area contributed by atoms with E-state index in [1.165, 1.54) is 103 Å². The van der Waals surface area contributed by atoms with Crippen LogP contribution in [-0.2, 0) is 0 Å². The van der Waals surface area contributed by atoms with Gasteiger partial charge in [0.05, 0.1) is 0 Å². The highest BCUT2D eigenvalue weighted by molar-refractivity contribution is 4.69. The second-order valence-electron chi connectivity index (χ2n) is 11.6. The van der Waals surface area contributed by atoms with Gasteiger partial charge in [0, 0.05) is 0 Å². The van der Waals surface area contributed by atoms with E-state index < -0.39 is 0 Å². The summed E-state index contributed by atoms with van der Waals surface area (Å²) in [5.74, 6) is 6.00. The van der Waals surface area contributed by atoms with Gasteiger partial charge in [-0.1, -0.05) is 154 Å². The molecule has 31 heavy (non-hydrogen) atoms. The maximum atomic E-state index is 2.36. The molecule has 0 heteroatoms. The van der Waals surface area contributed by atoms with E-state index in [0.717, 1.165) is 35.5 Å². The van der Waals surface area contributed by atoms with Gasteiger partial charge >= 0.3 is 0 Å². The molecule has 3 aliphatic carbocycles. The Balaban J connectivity index is -0.000000362. The minimum atomic E-state index is 0. The van der Waals surface area contributed by atoms with Gasteiger partial charge in [0.15, 0.2) is 0 Å². The summed E-state index contributed by atoms with van der Waals surface area (Å²) in [7, 11) is 0. The molecule has 0 N–H and O–H groups in total. The summed E-state index contributed by atoms with van der Waals surface area (Å²) in [6.07, 6.45) is 23.9. The Morgan fingerprint density at radius 2 is 0.742 bits per heavy atom. The van der Waals surface area contributed by atoms with Crippen LogP contribution in [0.5, 0.6) is 0 Å². The van der Waals surface area contributed by atoms with Crippen LogP contribution in [0.3, 0.4) is 0 Å². The zero-order chi connectivity index (χ0) is 20.8.